The molecule has 6 heteroatoms. The average Bonchev–Trinajstić information content (AvgIpc) is 3.15. The van der Waals surface area contributed by atoms with Crippen molar-refractivity contribution in [3.63, 3.8) is 0 Å². The van der Waals surface area contributed by atoms with Gasteiger partial charge in [-0.05, 0) is 36.2 Å². The fourth-order valence-electron chi connectivity index (χ4n) is 2.98. The Morgan fingerprint density at radius 2 is 1.96 bits per heavy atom. The van der Waals surface area contributed by atoms with Gasteiger partial charge in [0.1, 0.15) is 24.3 Å². The van der Waals surface area contributed by atoms with E-state index in [1.807, 2.05) is 42.5 Å². The molecule has 1 saturated heterocycles. The van der Waals surface area contributed by atoms with Gasteiger partial charge in [-0.2, -0.15) is 0 Å². The number of thioether (sulfide) groups is 1. The Labute approximate surface area is 158 Å². The maximum absolute atomic E-state index is 10.4. The molecule has 1 aliphatic heterocycles. The van der Waals surface area contributed by atoms with E-state index in [1.165, 1.54) is 0 Å². The summed E-state index contributed by atoms with van der Waals surface area (Å²) in [5, 5.41) is 19.9. The minimum Gasteiger partial charge on any atom is -0.496 e. The first-order chi connectivity index (χ1) is 12.7. The van der Waals surface area contributed by atoms with Gasteiger partial charge in [-0.3, -0.25) is 4.90 Å². The topological polar surface area (TPSA) is 62.2 Å². The quantitative estimate of drug-likeness (QED) is 0.740. The van der Waals surface area contributed by atoms with Gasteiger partial charge < -0.3 is 19.7 Å². The lowest BCUT2D eigenvalue weighted by atomic mass is 10.2. The van der Waals surface area contributed by atoms with E-state index in [0.717, 1.165) is 35.7 Å². The molecule has 2 aromatic carbocycles. The van der Waals surface area contributed by atoms with Gasteiger partial charge in [0, 0.05) is 23.2 Å². The number of benzene rings is 2. The lowest BCUT2D eigenvalue weighted by Crippen LogP contribution is -2.38. The Morgan fingerprint density at radius 3 is 2.69 bits per heavy atom. The summed E-state index contributed by atoms with van der Waals surface area (Å²) in [5.41, 5.74) is 0.841. The van der Waals surface area contributed by atoms with E-state index in [4.69, 9.17) is 14.6 Å². The molecular weight excluding hydrogens is 350 g/mol. The number of likely N-dealkylation sites (tertiary alicyclic amines) is 1. The highest BCUT2D eigenvalue weighted by Crippen LogP contribution is 2.35. The molecular formula is C20H25NO4S. The Hall–Kier alpha value is -1.73. The van der Waals surface area contributed by atoms with Gasteiger partial charge in [-0.15, -0.1) is 11.8 Å². The Kier molecular flexibility index (Phi) is 6.80. The largest absolute Gasteiger partial charge is 0.496 e. The second-order valence-electron chi connectivity index (χ2n) is 6.27. The molecule has 1 aliphatic rings. The molecule has 0 spiro atoms. The van der Waals surface area contributed by atoms with Crippen LogP contribution in [0.4, 0.5) is 0 Å². The third-order valence-electron chi connectivity index (χ3n) is 4.47. The van der Waals surface area contributed by atoms with Crippen molar-refractivity contribution in [2.75, 3.05) is 26.8 Å². The van der Waals surface area contributed by atoms with E-state index in [9.17, 15) is 5.11 Å². The van der Waals surface area contributed by atoms with Crippen LogP contribution in [-0.4, -0.2) is 53.4 Å². The van der Waals surface area contributed by atoms with Crippen LogP contribution in [0.5, 0.6) is 11.5 Å². The predicted octanol–water partition coefficient (Wildman–Crippen LogP) is 2.75. The third-order valence-corrected chi connectivity index (χ3v) is 5.77. The van der Waals surface area contributed by atoms with Crippen LogP contribution >= 0.6 is 11.8 Å². The van der Waals surface area contributed by atoms with Crippen molar-refractivity contribution in [2.45, 2.75) is 29.4 Å². The van der Waals surface area contributed by atoms with Crippen LogP contribution in [-0.2, 0) is 6.61 Å². The molecule has 0 aromatic heterocycles. The zero-order valence-electron chi connectivity index (χ0n) is 14.9. The molecule has 1 heterocycles. The maximum Gasteiger partial charge on any atom is 0.141 e. The number of rotatable bonds is 8. The normalized spacial score (nSPS) is 18.7. The van der Waals surface area contributed by atoms with Crippen LogP contribution in [0.3, 0.4) is 0 Å². The summed E-state index contributed by atoms with van der Waals surface area (Å²) in [4.78, 5) is 3.19. The molecule has 2 N–H and O–H groups in total. The van der Waals surface area contributed by atoms with E-state index in [0.29, 0.717) is 11.0 Å². The van der Waals surface area contributed by atoms with Gasteiger partial charge in [0.25, 0.3) is 0 Å². The SMILES string of the molecule is COc1ccccc1SC1CCN(C(O)COc2ccc(CO)cc2)C1. The van der Waals surface area contributed by atoms with Crippen LogP contribution in [0.15, 0.2) is 53.4 Å². The number of nitrogens with zero attached hydrogens (tertiary/aromatic N) is 1. The zero-order valence-corrected chi connectivity index (χ0v) is 15.7. The first kappa shape index (κ1) is 19.0. The van der Waals surface area contributed by atoms with Gasteiger partial charge in [-0.25, -0.2) is 0 Å². The van der Waals surface area contributed by atoms with Crippen LogP contribution in [0.2, 0.25) is 0 Å². The number of methoxy groups -OCH3 is 1. The van der Waals surface area contributed by atoms with Crippen molar-refractivity contribution in [3.05, 3.63) is 54.1 Å². The molecule has 0 saturated carbocycles. The summed E-state index contributed by atoms with van der Waals surface area (Å²) >= 11 is 1.80. The van der Waals surface area contributed by atoms with Crippen LogP contribution in [0.25, 0.3) is 0 Å². The lowest BCUT2D eigenvalue weighted by Gasteiger charge is -2.23. The zero-order chi connectivity index (χ0) is 18.4. The summed E-state index contributed by atoms with van der Waals surface area (Å²) in [6.45, 7) is 1.91. The van der Waals surface area contributed by atoms with Gasteiger partial charge in [-0.1, -0.05) is 24.3 Å². The highest BCUT2D eigenvalue weighted by Gasteiger charge is 2.28. The minimum absolute atomic E-state index is 0.0158. The van der Waals surface area contributed by atoms with Gasteiger partial charge >= 0.3 is 0 Å². The molecule has 2 unspecified atom stereocenters. The molecule has 0 radical (unpaired) electrons. The Morgan fingerprint density at radius 1 is 1.19 bits per heavy atom. The monoisotopic (exact) mass is 375 g/mol. The molecule has 2 atom stereocenters. The highest BCUT2D eigenvalue weighted by molar-refractivity contribution is 8.00. The number of hydrogen-bond acceptors (Lipinski definition) is 6. The number of aliphatic hydroxyl groups excluding tert-OH is 2. The first-order valence-electron chi connectivity index (χ1n) is 8.74. The molecule has 2 aromatic rings. The van der Waals surface area contributed by atoms with Crippen molar-refractivity contribution in [1.82, 2.24) is 4.90 Å². The van der Waals surface area contributed by atoms with Crippen molar-refractivity contribution in [3.8, 4) is 11.5 Å². The van der Waals surface area contributed by atoms with E-state index >= 15 is 0 Å². The molecule has 140 valence electrons. The molecule has 1 fully saturated rings. The minimum atomic E-state index is -0.629. The second kappa shape index (κ2) is 9.28. The fourth-order valence-corrected chi connectivity index (χ4v) is 4.26. The van der Waals surface area contributed by atoms with E-state index in [1.54, 1.807) is 18.9 Å². The summed E-state index contributed by atoms with van der Waals surface area (Å²) in [5.74, 6) is 1.59. The summed E-state index contributed by atoms with van der Waals surface area (Å²) in [7, 11) is 1.69. The second-order valence-corrected chi connectivity index (χ2v) is 7.61. The summed E-state index contributed by atoms with van der Waals surface area (Å²) in [6, 6.07) is 15.3. The molecule has 0 bridgehead atoms. The number of para-hydroxylation sites is 1. The van der Waals surface area contributed by atoms with Crippen molar-refractivity contribution >= 4 is 11.8 Å². The standard InChI is InChI=1S/C20H25NO4S/c1-24-18-4-2-3-5-19(18)26-17-10-11-21(12-17)20(23)14-25-16-8-6-15(13-22)7-9-16/h2-9,17,20,22-23H,10-14H2,1H3. The maximum atomic E-state index is 10.4. The Balaban J connectivity index is 1.48. The summed E-state index contributed by atoms with van der Waals surface area (Å²) in [6.07, 6.45) is 0.390. The molecule has 26 heavy (non-hydrogen) atoms. The number of ether oxygens (including phenoxy) is 2. The van der Waals surface area contributed by atoms with E-state index in [-0.39, 0.29) is 13.2 Å². The highest BCUT2D eigenvalue weighted by atomic mass is 32.2. The fraction of sp³-hybridized carbons (Fsp3) is 0.400. The van der Waals surface area contributed by atoms with Gasteiger partial charge in [0.2, 0.25) is 0 Å². The van der Waals surface area contributed by atoms with Crippen molar-refractivity contribution < 1.29 is 19.7 Å². The smallest absolute Gasteiger partial charge is 0.141 e. The lowest BCUT2D eigenvalue weighted by molar-refractivity contribution is -0.0139. The molecule has 0 amide bonds. The average molecular weight is 375 g/mol. The first-order valence-corrected chi connectivity index (χ1v) is 9.62. The van der Waals surface area contributed by atoms with Gasteiger partial charge in [0.15, 0.2) is 0 Å². The third kappa shape index (κ3) is 4.92. The summed E-state index contributed by atoms with van der Waals surface area (Å²) < 4.78 is 11.1. The van der Waals surface area contributed by atoms with E-state index < -0.39 is 6.23 Å². The van der Waals surface area contributed by atoms with Crippen LogP contribution in [0.1, 0.15) is 12.0 Å². The van der Waals surface area contributed by atoms with E-state index in [2.05, 4.69) is 11.0 Å². The van der Waals surface area contributed by atoms with Crippen molar-refractivity contribution in [1.29, 1.82) is 0 Å². The molecule has 0 aliphatic carbocycles. The van der Waals surface area contributed by atoms with Gasteiger partial charge in [0.05, 0.1) is 13.7 Å². The number of hydrogen-bond donors (Lipinski definition) is 2. The number of aliphatic hydroxyl groups is 2. The Bertz CT molecular complexity index is 694. The predicted molar refractivity (Wildman–Crippen MR) is 103 cm³/mol. The molecule has 5 nitrogen and oxygen atoms in total. The van der Waals surface area contributed by atoms with Crippen molar-refractivity contribution in [2.24, 2.45) is 0 Å². The van der Waals surface area contributed by atoms with Crippen LogP contribution < -0.4 is 9.47 Å². The molecule has 3 rings (SSSR count). The van der Waals surface area contributed by atoms with Crippen LogP contribution in [0, 0.1) is 0 Å².